The van der Waals surface area contributed by atoms with Crippen molar-refractivity contribution in [3.05, 3.63) is 52.8 Å². The van der Waals surface area contributed by atoms with Crippen LogP contribution in [-0.4, -0.2) is 49.2 Å². The third-order valence-electron chi connectivity index (χ3n) is 4.34. The summed E-state index contributed by atoms with van der Waals surface area (Å²) in [5, 5.41) is 0.0601. The molecule has 1 saturated heterocycles. The Bertz CT molecular complexity index is 935. The van der Waals surface area contributed by atoms with E-state index in [2.05, 4.69) is 4.98 Å². The van der Waals surface area contributed by atoms with Gasteiger partial charge in [0.25, 0.3) is 0 Å². The zero-order valence-electron chi connectivity index (χ0n) is 14.5. The number of ether oxygens (including phenoxy) is 1. The fourth-order valence-electron chi connectivity index (χ4n) is 2.87. The molecule has 0 bridgehead atoms. The van der Waals surface area contributed by atoms with Gasteiger partial charge in [0.1, 0.15) is 0 Å². The summed E-state index contributed by atoms with van der Waals surface area (Å²) in [5.41, 5.74) is 0.226. The predicted octanol–water partition coefficient (Wildman–Crippen LogP) is 2.88. The number of ketones is 1. The number of halogens is 1. The van der Waals surface area contributed by atoms with Crippen molar-refractivity contribution < 1.29 is 22.7 Å². The Labute approximate surface area is 162 Å². The van der Waals surface area contributed by atoms with E-state index in [-0.39, 0.29) is 15.5 Å². The molecule has 144 valence electrons. The highest BCUT2D eigenvalue weighted by Crippen LogP contribution is 2.25. The number of sulfonamides is 1. The highest BCUT2D eigenvalue weighted by molar-refractivity contribution is 7.89. The molecule has 1 fully saturated rings. The second-order valence-electron chi connectivity index (χ2n) is 6.19. The molecule has 0 saturated carbocycles. The van der Waals surface area contributed by atoms with Gasteiger partial charge in [0.05, 0.1) is 21.2 Å². The van der Waals surface area contributed by atoms with E-state index in [1.165, 1.54) is 22.5 Å². The molecule has 1 N–H and O–H groups in total. The summed E-state index contributed by atoms with van der Waals surface area (Å²) < 4.78 is 31.9. The molecule has 1 aromatic carbocycles. The van der Waals surface area contributed by atoms with Gasteiger partial charge in [-0.1, -0.05) is 18.0 Å². The minimum Gasteiger partial charge on any atom is -0.454 e. The number of esters is 1. The third kappa shape index (κ3) is 4.40. The molecular weight excluding hydrogens is 392 g/mol. The van der Waals surface area contributed by atoms with E-state index < -0.39 is 28.4 Å². The topological polar surface area (TPSA) is 96.5 Å². The standard InChI is InChI=1S/C18H19ClN2O5S/c19-15-7-6-13(27(24,25)21-9-2-1-3-10-21)11-14(15)18(23)26-12-17(22)16-5-4-8-20-16/h4-8,11,20H,1-3,9-10,12H2. The molecule has 3 rings (SSSR count). The van der Waals surface area contributed by atoms with E-state index in [9.17, 15) is 18.0 Å². The van der Waals surface area contributed by atoms with Crippen LogP contribution >= 0.6 is 11.6 Å². The van der Waals surface area contributed by atoms with Crippen molar-refractivity contribution in [2.45, 2.75) is 24.2 Å². The van der Waals surface area contributed by atoms with Crippen LogP contribution < -0.4 is 0 Å². The first-order valence-corrected chi connectivity index (χ1v) is 10.3. The van der Waals surface area contributed by atoms with E-state index in [4.69, 9.17) is 16.3 Å². The fraction of sp³-hybridized carbons (Fsp3) is 0.333. The number of carbonyl (C=O) groups is 2. The van der Waals surface area contributed by atoms with Crippen LogP contribution in [0.2, 0.25) is 5.02 Å². The largest absolute Gasteiger partial charge is 0.454 e. The molecule has 27 heavy (non-hydrogen) atoms. The molecule has 0 aliphatic carbocycles. The van der Waals surface area contributed by atoms with Crippen LogP contribution in [0.15, 0.2) is 41.4 Å². The Morgan fingerprint density at radius 2 is 1.89 bits per heavy atom. The highest BCUT2D eigenvalue weighted by atomic mass is 35.5. The van der Waals surface area contributed by atoms with Gasteiger partial charge in [0, 0.05) is 19.3 Å². The van der Waals surface area contributed by atoms with Crippen LogP contribution in [0.1, 0.15) is 40.1 Å². The SMILES string of the molecule is O=C(COC(=O)c1cc(S(=O)(=O)N2CCCCC2)ccc1Cl)c1ccc[nH]1. The van der Waals surface area contributed by atoms with Gasteiger partial charge < -0.3 is 9.72 Å². The van der Waals surface area contributed by atoms with Gasteiger partial charge in [-0.05, 0) is 43.2 Å². The number of hydrogen-bond acceptors (Lipinski definition) is 5. The normalized spacial score (nSPS) is 15.4. The second-order valence-corrected chi connectivity index (χ2v) is 8.53. The molecule has 1 aromatic heterocycles. The number of benzene rings is 1. The number of piperidine rings is 1. The van der Waals surface area contributed by atoms with Gasteiger partial charge in [-0.3, -0.25) is 4.79 Å². The lowest BCUT2D eigenvalue weighted by Crippen LogP contribution is -2.35. The summed E-state index contributed by atoms with van der Waals surface area (Å²) in [5.74, 6) is -1.25. The molecule has 1 aliphatic heterocycles. The number of H-pyrrole nitrogens is 1. The minimum atomic E-state index is -3.71. The number of rotatable bonds is 6. The van der Waals surface area contributed by atoms with Crippen molar-refractivity contribution in [3.63, 3.8) is 0 Å². The first kappa shape index (κ1) is 19.6. The summed E-state index contributed by atoms with van der Waals surface area (Å²) in [4.78, 5) is 26.9. The van der Waals surface area contributed by atoms with Gasteiger partial charge in [-0.2, -0.15) is 4.31 Å². The number of aromatic amines is 1. The number of aromatic nitrogens is 1. The number of carbonyl (C=O) groups excluding carboxylic acids is 2. The molecule has 0 radical (unpaired) electrons. The van der Waals surface area contributed by atoms with Crippen molar-refractivity contribution in [1.29, 1.82) is 0 Å². The average Bonchev–Trinajstić information content (AvgIpc) is 3.21. The van der Waals surface area contributed by atoms with Gasteiger partial charge in [0.2, 0.25) is 15.8 Å². The Hall–Kier alpha value is -2.16. The maximum absolute atomic E-state index is 12.8. The minimum absolute atomic E-state index is 0.0172. The molecule has 1 aliphatic rings. The van der Waals surface area contributed by atoms with E-state index >= 15 is 0 Å². The monoisotopic (exact) mass is 410 g/mol. The van der Waals surface area contributed by atoms with Gasteiger partial charge >= 0.3 is 5.97 Å². The van der Waals surface area contributed by atoms with Crippen LogP contribution in [-0.2, 0) is 14.8 Å². The molecule has 0 spiro atoms. The summed E-state index contributed by atoms with van der Waals surface area (Å²) in [6.07, 6.45) is 4.20. The Morgan fingerprint density at radius 3 is 2.56 bits per heavy atom. The first-order chi connectivity index (χ1) is 12.9. The number of hydrogen-bond donors (Lipinski definition) is 1. The number of Topliss-reactive ketones (excluding diaryl/α,β-unsaturated/α-hetero) is 1. The Kier molecular flexibility index (Phi) is 5.98. The van der Waals surface area contributed by atoms with Crippen LogP contribution in [0, 0.1) is 0 Å². The molecule has 0 atom stereocenters. The smallest absolute Gasteiger partial charge is 0.340 e. The van der Waals surface area contributed by atoms with E-state index in [1.54, 1.807) is 18.3 Å². The van der Waals surface area contributed by atoms with Crippen molar-refractivity contribution in [3.8, 4) is 0 Å². The van der Waals surface area contributed by atoms with Gasteiger partial charge in [0.15, 0.2) is 6.61 Å². The van der Waals surface area contributed by atoms with Crippen molar-refractivity contribution >= 4 is 33.4 Å². The molecule has 0 unspecified atom stereocenters. The first-order valence-electron chi connectivity index (χ1n) is 8.53. The summed E-state index contributed by atoms with van der Waals surface area (Å²) in [7, 11) is -3.71. The fourth-order valence-corrected chi connectivity index (χ4v) is 4.60. The molecule has 0 amide bonds. The zero-order chi connectivity index (χ0) is 19.4. The predicted molar refractivity (Wildman–Crippen MR) is 99.5 cm³/mol. The van der Waals surface area contributed by atoms with Gasteiger partial charge in [-0.25, -0.2) is 13.2 Å². The Morgan fingerprint density at radius 1 is 1.15 bits per heavy atom. The number of nitrogens with zero attached hydrogens (tertiary/aromatic N) is 1. The maximum atomic E-state index is 12.8. The summed E-state index contributed by atoms with van der Waals surface area (Å²) in [6.45, 7) is 0.434. The summed E-state index contributed by atoms with van der Waals surface area (Å²) >= 11 is 6.04. The number of nitrogens with one attached hydrogen (secondary N) is 1. The zero-order valence-corrected chi connectivity index (χ0v) is 16.1. The van der Waals surface area contributed by atoms with E-state index in [0.29, 0.717) is 18.8 Å². The van der Waals surface area contributed by atoms with Crippen LogP contribution in [0.25, 0.3) is 0 Å². The lowest BCUT2D eigenvalue weighted by molar-refractivity contribution is 0.0473. The lowest BCUT2D eigenvalue weighted by atomic mass is 10.2. The molecular formula is C18H19ClN2O5S. The van der Waals surface area contributed by atoms with Crippen molar-refractivity contribution in [2.75, 3.05) is 19.7 Å². The second kappa shape index (κ2) is 8.24. The highest BCUT2D eigenvalue weighted by Gasteiger charge is 2.27. The maximum Gasteiger partial charge on any atom is 0.340 e. The molecule has 2 aromatic rings. The lowest BCUT2D eigenvalue weighted by Gasteiger charge is -2.26. The van der Waals surface area contributed by atoms with E-state index in [1.807, 2.05) is 0 Å². The van der Waals surface area contributed by atoms with Crippen LogP contribution in [0.4, 0.5) is 0 Å². The van der Waals surface area contributed by atoms with Crippen molar-refractivity contribution in [1.82, 2.24) is 9.29 Å². The molecule has 2 heterocycles. The van der Waals surface area contributed by atoms with E-state index in [0.717, 1.165) is 19.3 Å². The molecule has 7 nitrogen and oxygen atoms in total. The third-order valence-corrected chi connectivity index (χ3v) is 6.57. The van der Waals surface area contributed by atoms with Gasteiger partial charge in [-0.15, -0.1) is 0 Å². The summed E-state index contributed by atoms with van der Waals surface area (Å²) in [6, 6.07) is 7.14. The van der Waals surface area contributed by atoms with Crippen molar-refractivity contribution in [2.24, 2.45) is 0 Å². The van der Waals surface area contributed by atoms with Crippen LogP contribution in [0.5, 0.6) is 0 Å². The Balaban J connectivity index is 1.76. The quantitative estimate of drug-likeness (QED) is 0.583. The van der Waals surface area contributed by atoms with Crippen LogP contribution in [0.3, 0.4) is 0 Å². The molecule has 9 heteroatoms. The average molecular weight is 411 g/mol.